The van der Waals surface area contributed by atoms with E-state index in [0.717, 1.165) is 0 Å². The summed E-state index contributed by atoms with van der Waals surface area (Å²) in [5.74, 6) is -0.905. The summed E-state index contributed by atoms with van der Waals surface area (Å²) in [5.41, 5.74) is 0. The molecule has 0 rings (SSSR count). The number of aliphatic carboxylic acids is 1. The van der Waals surface area contributed by atoms with Gasteiger partial charge in [-0.05, 0) is 12.3 Å². The van der Waals surface area contributed by atoms with Gasteiger partial charge in [-0.15, -0.1) is 0 Å². The van der Waals surface area contributed by atoms with Crippen molar-refractivity contribution in [2.24, 2.45) is 5.92 Å². The Morgan fingerprint density at radius 2 is 1.81 bits per heavy atom. The summed E-state index contributed by atoms with van der Waals surface area (Å²) in [4.78, 5) is 33.2. The molecule has 0 saturated carbocycles. The molecule has 0 aliphatic rings. The molecule has 0 saturated heterocycles. The van der Waals surface area contributed by atoms with E-state index in [9.17, 15) is 14.4 Å². The number of carbonyl (C=O) groups is 3. The van der Waals surface area contributed by atoms with Crippen molar-refractivity contribution in [3.8, 4) is 0 Å². The van der Waals surface area contributed by atoms with Crippen molar-refractivity contribution < 1.29 is 24.2 Å². The average Bonchev–Trinajstić information content (AvgIpc) is 2.43. The number of carboxylic acid groups (broad SMARTS) is 1. The normalized spacial score (nSPS) is 11.5. The summed E-state index contributed by atoms with van der Waals surface area (Å²) in [6, 6.07) is -0.359. The Kier molecular flexibility index (Phi) is 10.9. The fraction of sp³-hybridized carbons (Fsp3) is 0.769. The molecule has 0 aromatic rings. The molecule has 4 N–H and O–H groups in total. The van der Waals surface area contributed by atoms with Crippen molar-refractivity contribution >= 4 is 17.9 Å². The Hall–Kier alpha value is -1.83. The molecule has 0 bridgehead atoms. The number of carboxylic acids is 1. The number of urea groups is 1. The molecule has 21 heavy (non-hydrogen) atoms. The summed E-state index contributed by atoms with van der Waals surface area (Å²) in [7, 11) is 1.55. The topological polar surface area (TPSA) is 117 Å². The van der Waals surface area contributed by atoms with Gasteiger partial charge in [-0.25, -0.2) is 4.79 Å². The van der Waals surface area contributed by atoms with Crippen LogP contribution in [0.3, 0.4) is 0 Å². The van der Waals surface area contributed by atoms with Crippen LogP contribution in [0.5, 0.6) is 0 Å². The van der Waals surface area contributed by atoms with E-state index in [1.54, 1.807) is 7.11 Å². The molecule has 122 valence electrons. The van der Waals surface area contributed by atoms with Crippen molar-refractivity contribution in [3.05, 3.63) is 0 Å². The van der Waals surface area contributed by atoms with Crippen LogP contribution < -0.4 is 16.0 Å². The van der Waals surface area contributed by atoms with Crippen LogP contribution >= 0.6 is 0 Å². The Morgan fingerprint density at radius 1 is 1.10 bits per heavy atom. The molecule has 0 heterocycles. The average molecular weight is 303 g/mol. The van der Waals surface area contributed by atoms with Crippen LogP contribution in [0.1, 0.15) is 26.2 Å². The fourth-order valence-electron chi connectivity index (χ4n) is 1.47. The largest absolute Gasteiger partial charge is 0.481 e. The third-order valence-corrected chi connectivity index (χ3v) is 2.73. The first kappa shape index (κ1) is 19.2. The highest BCUT2D eigenvalue weighted by atomic mass is 16.5. The zero-order valence-corrected chi connectivity index (χ0v) is 12.6. The third kappa shape index (κ3) is 12.9. The summed E-state index contributed by atoms with van der Waals surface area (Å²) in [5, 5.41) is 16.4. The van der Waals surface area contributed by atoms with E-state index in [2.05, 4.69) is 16.0 Å². The number of ether oxygens (including phenoxy) is 1. The van der Waals surface area contributed by atoms with E-state index < -0.39 is 5.97 Å². The lowest BCUT2D eigenvalue weighted by Crippen LogP contribution is -2.39. The standard InChI is InChI=1S/C13H25N3O5/c1-10(3-4-12(18)19)9-16-13(20)15-6-5-11(17)14-7-8-21-2/h10H,3-9H2,1-2H3,(H,14,17)(H,18,19)(H2,15,16,20). The van der Waals surface area contributed by atoms with Crippen molar-refractivity contribution in [2.75, 3.05) is 33.4 Å². The van der Waals surface area contributed by atoms with E-state index in [0.29, 0.717) is 26.1 Å². The SMILES string of the molecule is COCCNC(=O)CCNC(=O)NCC(C)CCC(=O)O. The molecule has 0 fully saturated rings. The fourth-order valence-corrected chi connectivity index (χ4v) is 1.47. The smallest absolute Gasteiger partial charge is 0.314 e. The molecule has 3 amide bonds. The van der Waals surface area contributed by atoms with Crippen LogP contribution in [0.4, 0.5) is 4.79 Å². The first-order valence-corrected chi connectivity index (χ1v) is 6.94. The second kappa shape index (κ2) is 12.0. The van der Waals surface area contributed by atoms with Gasteiger partial charge in [0, 0.05) is 39.6 Å². The van der Waals surface area contributed by atoms with Crippen LogP contribution in [0.2, 0.25) is 0 Å². The molecule has 1 atom stereocenters. The van der Waals surface area contributed by atoms with Gasteiger partial charge in [0.2, 0.25) is 5.91 Å². The maximum Gasteiger partial charge on any atom is 0.314 e. The maximum atomic E-state index is 11.4. The lowest BCUT2D eigenvalue weighted by molar-refractivity contribution is -0.137. The van der Waals surface area contributed by atoms with Crippen LogP contribution in [0, 0.1) is 5.92 Å². The Balaban J connectivity index is 3.57. The second-order valence-electron chi connectivity index (χ2n) is 4.77. The van der Waals surface area contributed by atoms with E-state index in [1.165, 1.54) is 0 Å². The minimum atomic E-state index is -0.842. The van der Waals surface area contributed by atoms with Crippen LogP contribution in [-0.4, -0.2) is 56.4 Å². The first-order chi connectivity index (χ1) is 9.95. The first-order valence-electron chi connectivity index (χ1n) is 6.94. The van der Waals surface area contributed by atoms with Crippen molar-refractivity contribution in [1.29, 1.82) is 0 Å². The number of hydrogen-bond donors (Lipinski definition) is 4. The summed E-state index contributed by atoms with van der Waals surface area (Å²) >= 11 is 0. The number of nitrogens with one attached hydrogen (secondary N) is 3. The molecule has 0 aromatic heterocycles. The van der Waals surface area contributed by atoms with Gasteiger partial charge in [0.15, 0.2) is 0 Å². The lowest BCUT2D eigenvalue weighted by atomic mass is 10.1. The van der Waals surface area contributed by atoms with Gasteiger partial charge in [-0.2, -0.15) is 0 Å². The molecule has 0 aromatic carbocycles. The predicted molar refractivity (Wildman–Crippen MR) is 76.9 cm³/mol. The predicted octanol–water partition coefficient (Wildman–Crippen LogP) is -0.0608. The lowest BCUT2D eigenvalue weighted by Gasteiger charge is -2.12. The zero-order chi connectivity index (χ0) is 16.1. The Bertz CT molecular complexity index is 336. The van der Waals surface area contributed by atoms with Crippen molar-refractivity contribution in [2.45, 2.75) is 26.2 Å². The van der Waals surface area contributed by atoms with Gasteiger partial charge < -0.3 is 25.8 Å². The highest BCUT2D eigenvalue weighted by molar-refractivity contribution is 5.78. The molecule has 8 heteroatoms. The van der Waals surface area contributed by atoms with Gasteiger partial charge in [-0.1, -0.05) is 6.92 Å². The van der Waals surface area contributed by atoms with Gasteiger partial charge in [0.1, 0.15) is 0 Å². The Labute approximate surface area is 124 Å². The molecular formula is C13H25N3O5. The molecule has 0 aliphatic carbocycles. The molecule has 1 unspecified atom stereocenters. The summed E-state index contributed by atoms with van der Waals surface area (Å²) in [6.45, 7) is 3.41. The van der Waals surface area contributed by atoms with Crippen molar-refractivity contribution in [1.82, 2.24) is 16.0 Å². The molecule has 0 radical (unpaired) electrons. The second-order valence-corrected chi connectivity index (χ2v) is 4.77. The van der Waals surface area contributed by atoms with Gasteiger partial charge in [0.25, 0.3) is 0 Å². The highest BCUT2D eigenvalue weighted by Crippen LogP contribution is 2.03. The summed E-state index contributed by atoms with van der Waals surface area (Å²) < 4.78 is 4.79. The van der Waals surface area contributed by atoms with Crippen LogP contribution in [0.25, 0.3) is 0 Å². The van der Waals surface area contributed by atoms with Gasteiger partial charge in [-0.3, -0.25) is 9.59 Å². The third-order valence-electron chi connectivity index (χ3n) is 2.73. The van der Waals surface area contributed by atoms with E-state index in [1.807, 2.05) is 6.92 Å². The minimum Gasteiger partial charge on any atom is -0.481 e. The number of carbonyl (C=O) groups excluding carboxylic acids is 2. The molecule has 8 nitrogen and oxygen atoms in total. The van der Waals surface area contributed by atoms with Gasteiger partial charge >= 0.3 is 12.0 Å². The van der Waals surface area contributed by atoms with Crippen molar-refractivity contribution in [3.63, 3.8) is 0 Å². The quantitative estimate of drug-likeness (QED) is 0.399. The van der Waals surface area contributed by atoms with E-state index >= 15 is 0 Å². The molecule has 0 aliphatic heterocycles. The van der Waals surface area contributed by atoms with E-state index in [-0.39, 0.29) is 37.2 Å². The number of hydrogen-bond acceptors (Lipinski definition) is 4. The molecular weight excluding hydrogens is 278 g/mol. The van der Waals surface area contributed by atoms with E-state index in [4.69, 9.17) is 9.84 Å². The van der Waals surface area contributed by atoms with Gasteiger partial charge in [0.05, 0.1) is 6.61 Å². The number of methoxy groups -OCH3 is 1. The number of amides is 3. The maximum absolute atomic E-state index is 11.4. The van der Waals surface area contributed by atoms with Crippen LogP contribution in [0.15, 0.2) is 0 Å². The Morgan fingerprint density at radius 3 is 2.43 bits per heavy atom. The highest BCUT2D eigenvalue weighted by Gasteiger charge is 2.08. The minimum absolute atomic E-state index is 0.0872. The zero-order valence-electron chi connectivity index (χ0n) is 12.6. The monoisotopic (exact) mass is 303 g/mol. The van der Waals surface area contributed by atoms with Crippen LogP contribution in [-0.2, 0) is 14.3 Å². The summed E-state index contributed by atoms with van der Waals surface area (Å²) in [6.07, 6.45) is 0.801. The number of rotatable bonds is 11. The molecule has 0 spiro atoms.